The lowest BCUT2D eigenvalue weighted by molar-refractivity contribution is 0.0842. The van der Waals surface area contributed by atoms with Crippen LogP contribution in [0, 0.1) is 5.92 Å². The number of fused-ring (bicyclic) bond motifs is 1. The SMILES string of the molecule is Nc1nccn1C(=O)C1Cc2ccc(Br)cc2C1. The van der Waals surface area contributed by atoms with Gasteiger partial charge in [0, 0.05) is 22.8 Å². The Morgan fingerprint density at radius 2 is 2.17 bits per heavy atom. The molecule has 0 aliphatic heterocycles. The average Bonchev–Trinajstić information content (AvgIpc) is 2.93. The number of carbonyl (C=O) groups is 1. The molecule has 0 bridgehead atoms. The fourth-order valence-corrected chi connectivity index (χ4v) is 2.87. The summed E-state index contributed by atoms with van der Waals surface area (Å²) in [7, 11) is 0. The molecule has 92 valence electrons. The quantitative estimate of drug-likeness (QED) is 0.879. The molecule has 0 saturated heterocycles. The fourth-order valence-electron chi connectivity index (χ4n) is 2.46. The standard InChI is InChI=1S/C13H12BrN3O/c14-11-2-1-8-5-10(6-9(8)7-11)12(18)17-4-3-16-13(17)15/h1-4,7,10H,5-6H2,(H2,15,16). The van der Waals surface area contributed by atoms with Gasteiger partial charge in [-0.3, -0.25) is 9.36 Å². The van der Waals surface area contributed by atoms with Gasteiger partial charge in [0.1, 0.15) is 0 Å². The topological polar surface area (TPSA) is 60.9 Å². The third-order valence-corrected chi connectivity index (χ3v) is 3.85. The van der Waals surface area contributed by atoms with Gasteiger partial charge in [0.25, 0.3) is 0 Å². The number of nitrogen functional groups attached to an aromatic ring is 1. The van der Waals surface area contributed by atoms with Crippen molar-refractivity contribution in [1.82, 2.24) is 9.55 Å². The number of benzene rings is 1. The number of anilines is 1. The van der Waals surface area contributed by atoms with E-state index in [0.717, 1.165) is 17.3 Å². The molecule has 0 radical (unpaired) electrons. The number of rotatable bonds is 1. The van der Waals surface area contributed by atoms with E-state index in [1.807, 2.05) is 6.07 Å². The summed E-state index contributed by atoms with van der Waals surface area (Å²) in [5, 5.41) is 0. The number of carbonyl (C=O) groups excluding carboxylic acids is 1. The van der Waals surface area contributed by atoms with Crippen LogP contribution in [0.15, 0.2) is 35.1 Å². The van der Waals surface area contributed by atoms with Crippen LogP contribution in [-0.2, 0) is 12.8 Å². The number of halogens is 1. The lowest BCUT2D eigenvalue weighted by Crippen LogP contribution is -2.23. The molecule has 1 unspecified atom stereocenters. The summed E-state index contributed by atoms with van der Waals surface area (Å²) >= 11 is 3.45. The van der Waals surface area contributed by atoms with Crippen LogP contribution in [0.4, 0.5) is 5.95 Å². The zero-order valence-corrected chi connectivity index (χ0v) is 11.2. The minimum absolute atomic E-state index is 0.0253. The molecule has 4 nitrogen and oxygen atoms in total. The van der Waals surface area contributed by atoms with Crippen LogP contribution in [-0.4, -0.2) is 15.5 Å². The number of hydrogen-bond donors (Lipinski definition) is 1. The van der Waals surface area contributed by atoms with E-state index in [0.29, 0.717) is 0 Å². The molecule has 0 spiro atoms. The van der Waals surface area contributed by atoms with E-state index >= 15 is 0 Å². The summed E-state index contributed by atoms with van der Waals surface area (Å²) in [6.45, 7) is 0. The van der Waals surface area contributed by atoms with Crippen LogP contribution in [0.1, 0.15) is 15.9 Å². The first kappa shape index (κ1) is 11.5. The van der Waals surface area contributed by atoms with Crippen LogP contribution >= 0.6 is 15.9 Å². The van der Waals surface area contributed by atoms with E-state index in [1.165, 1.54) is 15.7 Å². The van der Waals surface area contributed by atoms with Crippen LogP contribution in [0.25, 0.3) is 0 Å². The summed E-state index contributed by atoms with van der Waals surface area (Å²) in [5.41, 5.74) is 8.14. The molecule has 18 heavy (non-hydrogen) atoms. The Morgan fingerprint density at radius 1 is 1.39 bits per heavy atom. The maximum atomic E-state index is 12.3. The minimum atomic E-state index is -0.0363. The third-order valence-electron chi connectivity index (χ3n) is 3.36. The Balaban J connectivity index is 1.86. The molecule has 1 aliphatic carbocycles. The van der Waals surface area contributed by atoms with Crippen LogP contribution < -0.4 is 5.73 Å². The summed E-state index contributed by atoms with van der Waals surface area (Å²) in [6, 6.07) is 6.17. The summed E-state index contributed by atoms with van der Waals surface area (Å²) in [5.74, 6) is 0.250. The van der Waals surface area contributed by atoms with Gasteiger partial charge < -0.3 is 5.73 Å². The number of hydrogen-bond acceptors (Lipinski definition) is 3. The molecule has 1 atom stereocenters. The van der Waals surface area contributed by atoms with Crippen molar-refractivity contribution in [2.75, 3.05) is 5.73 Å². The number of aromatic nitrogens is 2. The highest BCUT2D eigenvalue weighted by Gasteiger charge is 2.29. The number of imidazole rings is 1. The van der Waals surface area contributed by atoms with Gasteiger partial charge in [-0.15, -0.1) is 0 Å². The smallest absolute Gasteiger partial charge is 0.237 e. The predicted octanol–water partition coefficient (Wildman–Crippen LogP) is 2.28. The maximum Gasteiger partial charge on any atom is 0.237 e. The largest absolute Gasteiger partial charge is 0.369 e. The van der Waals surface area contributed by atoms with E-state index in [4.69, 9.17) is 5.73 Å². The van der Waals surface area contributed by atoms with Gasteiger partial charge in [-0.2, -0.15) is 0 Å². The Hall–Kier alpha value is -1.62. The minimum Gasteiger partial charge on any atom is -0.369 e. The van der Waals surface area contributed by atoms with Gasteiger partial charge in [0.05, 0.1) is 0 Å². The molecule has 0 fully saturated rings. The van der Waals surface area contributed by atoms with Gasteiger partial charge in [0.2, 0.25) is 11.9 Å². The first-order chi connectivity index (χ1) is 8.65. The third kappa shape index (κ3) is 1.84. The van der Waals surface area contributed by atoms with Crippen molar-refractivity contribution >= 4 is 27.8 Å². The van der Waals surface area contributed by atoms with Crippen molar-refractivity contribution in [3.05, 3.63) is 46.2 Å². The molecule has 0 saturated carbocycles. The highest BCUT2D eigenvalue weighted by molar-refractivity contribution is 9.10. The summed E-state index contributed by atoms with van der Waals surface area (Å²) in [4.78, 5) is 16.2. The van der Waals surface area contributed by atoms with Crippen LogP contribution in [0.2, 0.25) is 0 Å². The maximum absolute atomic E-state index is 12.3. The van der Waals surface area contributed by atoms with E-state index in [2.05, 4.69) is 33.0 Å². The molecule has 2 aromatic rings. The Labute approximate surface area is 113 Å². The second-order valence-corrected chi connectivity index (χ2v) is 5.43. The van der Waals surface area contributed by atoms with Crippen molar-refractivity contribution < 1.29 is 4.79 Å². The molecule has 0 amide bonds. The zero-order valence-electron chi connectivity index (χ0n) is 9.64. The van der Waals surface area contributed by atoms with E-state index in [1.54, 1.807) is 12.4 Å². The molecule has 3 rings (SSSR count). The fraction of sp³-hybridized carbons (Fsp3) is 0.231. The number of nitrogens with two attached hydrogens (primary N) is 1. The Kier molecular flexibility index (Phi) is 2.70. The summed E-state index contributed by atoms with van der Waals surface area (Å²) in [6.07, 6.45) is 4.72. The van der Waals surface area contributed by atoms with Crippen LogP contribution in [0.5, 0.6) is 0 Å². The molecule has 1 aliphatic rings. The van der Waals surface area contributed by atoms with Crippen molar-refractivity contribution in [3.63, 3.8) is 0 Å². The molecule has 1 aromatic carbocycles. The van der Waals surface area contributed by atoms with E-state index in [-0.39, 0.29) is 17.8 Å². The Morgan fingerprint density at radius 3 is 2.89 bits per heavy atom. The van der Waals surface area contributed by atoms with Crippen molar-refractivity contribution in [2.45, 2.75) is 12.8 Å². The van der Waals surface area contributed by atoms with E-state index in [9.17, 15) is 4.79 Å². The highest BCUT2D eigenvalue weighted by Crippen LogP contribution is 2.30. The second-order valence-electron chi connectivity index (χ2n) is 4.51. The average molecular weight is 306 g/mol. The van der Waals surface area contributed by atoms with Crippen molar-refractivity contribution in [3.8, 4) is 0 Å². The van der Waals surface area contributed by atoms with Gasteiger partial charge in [0.15, 0.2) is 0 Å². The van der Waals surface area contributed by atoms with Gasteiger partial charge in [-0.25, -0.2) is 4.98 Å². The highest BCUT2D eigenvalue weighted by atomic mass is 79.9. The molecule has 1 heterocycles. The van der Waals surface area contributed by atoms with Crippen molar-refractivity contribution in [1.29, 1.82) is 0 Å². The second kappa shape index (κ2) is 4.24. The Bertz CT molecular complexity index is 620. The molecular formula is C13H12BrN3O. The lowest BCUT2D eigenvalue weighted by atomic mass is 10.1. The van der Waals surface area contributed by atoms with Gasteiger partial charge in [-0.1, -0.05) is 22.0 Å². The molecule has 2 N–H and O–H groups in total. The van der Waals surface area contributed by atoms with Crippen LogP contribution in [0.3, 0.4) is 0 Å². The lowest BCUT2D eigenvalue weighted by Gasteiger charge is -2.09. The molecule has 5 heteroatoms. The first-order valence-electron chi connectivity index (χ1n) is 5.75. The first-order valence-corrected chi connectivity index (χ1v) is 6.55. The molecule has 1 aromatic heterocycles. The van der Waals surface area contributed by atoms with E-state index < -0.39 is 0 Å². The normalized spacial score (nSPS) is 17.7. The number of nitrogens with zero attached hydrogens (tertiary/aromatic N) is 2. The monoisotopic (exact) mass is 305 g/mol. The van der Waals surface area contributed by atoms with Gasteiger partial charge >= 0.3 is 0 Å². The van der Waals surface area contributed by atoms with Crippen molar-refractivity contribution in [2.24, 2.45) is 5.92 Å². The molecular weight excluding hydrogens is 294 g/mol. The summed E-state index contributed by atoms with van der Waals surface area (Å²) < 4.78 is 2.49. The van der Waals surface area contributed by atoms with Gasteiger partial charge in [-0.05, 0) is 36.1 Å². The predicted molar refractivity (Wildman–Crippen MR) is 72.3 cm³/mol. The zero-order chi connectivity index (χ0) is 12.7.